The fraction of sp³-hybridized carbons (Fsp3) is 0.125. The second kappa shape index (κ2) is 6.50. The highest BCUT2D eigenvalue weighted by molar-refractivity contribution is 7.82. The molecule has 0 amide bonds. The van der Waals surface area contributed by atoms with Gasteiger partial charge in [-0.1, -0.05) is 78.0 Å². The number of nitrogens with two attached hydrogens (primary N) is 2. The number of hydrogen-bond acceptors (Lipinski definition) is 2. The Hall–Kier alpha value is -1.20. The van der Waals surface area contributed by atoms with Crippen molar-refractivity contribution in [3.05, 3.63) is 69.2 Å². The lowest BCUT2D eigenvalue weighted by Crippen LogP contribution is -2.51. The Labute approximate surface area is 150 Å². The van der Waals surface area contributed by atoms with Crippen LogP contribution < -0.4 is 11.5 Å². The third-order valence-corrected chi connectivity index (χ3v) is 4.87. The second-order valence-corrected chi connectivity index (χ2v) is 6.58. The Morgan fingerprint density at radius 2 is 1.45 bits per heavy atom. The molecule has 0 aromatic heterocycles. The summed E-state index contributed by atoms with van der Waals surface area (Å²) in [6.07, 6.45) is 0. The molecule has 0 saturated heterocycles. The van der Waals surface area contributed by atoms with E-state index in [4.69, 9.17) is 59.1 Å². The maximum absolute atomic E-state index is 6.43. The van der Waals surface area contributed by atoms with Crippen LogP contribution in [0.2, 0.25) is 10.0 Å². The smallest absolute Gasteiger partial charge is 0.123 e. The largest absolute Gasteiger partial charge is 0.392 e. The van der Waals surface area contributed by atoms with Crippen molar-refractivity contribution >= 4 is 57.6 Å². The molecule has 2 aromatic rings. The summed E-state index contributed by atoms with van der Waals surface area (Å²) >= 11 is 23.5. The fourth-order valence-corrected chi connectivity index (χ4v) is 3.99. The van der Waals surface area contributed by atoms with Crippen molar-refractivity contribution in [3.8, 4) is 0 Å². The predicted octanol–water partition coefficient (Wildman–Crippen LogP) is 4.16. The molecule has 0 fully saturated rings. The average molecular weight is 369 g/mol. The van der Waals surface area contributed by atoms with Gasteiger partial charge in [0.25, 0.3) is 0 Å². The zero-order valence-corrected chi connectivity index (χ0v) is 14.9. The Bertz CT molecular complexity index is 725. The van der Waals surface area contributed by atoms with Crippen LogP contribution >= 0.6 is 47.6 Å². The van der Waals surface area contributed by atoms with Gasteiger partial charge in [0.15, 0.2) is 0 Å². The number of hydrogen-bond donors (Lipinski definition) is 2. The summed E-state index contributed by atoms with van der Waals surface area (Å²) < 4.78 is 0. The summed E-state index contributed by atoms with van der Waals surface area (Å²) in [6, 6.07) is 12.7. The topological polar surface area (TPSA) is 52.0 Å². The highest BCUT2D eigenvalue weighted by Crippen LogP contribution is 2.42. The van der Waals surface area contributed by atoms with E-state index in [1.807, 2.05) is 37.3 Å². The number of halogens is 2. The van der Waals surface area contributed by atoms with Crippen LogP contribution in [0.3, 0.4) is 0 Å². The summed E-state index contributed by atoms with van der Waals surface area (Å²) in [7, 11) is 0. The normalized spacial score (nSPS) is 11.2. The Morgan fingerprint density at radius 1 is 0.909 bits per heavy atom. The van der Waals surface area contributed by atoms with E-state index in [0.717, 1.165) is 5.56 Å². The van der Waals surface area contributed by atoms with Gasteiger partial charge >= 0.3 is 0 Å². The van der Waals surface area contributed by atoms with Crippen molar-refractivity contribution in [3.63, 3.8) is 0 Å². The van der Waals surface area contributed by atoms with Gasteiger partial charge in [0.1, 0.15) is 5.41 Å². The first kappa shape index (κ1) is 17.2. The van der Waals surface area contributed by atoms with E-state index >= 15 is 0 Å². The van der Waals surface area contributed by atoms with Crippen LogP contribution in [0, 0.1) is 6.92 Å². The molecule has 0 aliphatic carbocycles. The van der Waals surface area contributed by atoms with E-state index in [1.54, 1.807) is 12.1 Å². The second-order valence-electron chi connectivity index (χ2n) is 4.89. The molecule has 2 nitrogen and oxygen atoms in total. The van der Waals surface area contributed by atoms with E-state index in [1.165, 1.54) is 0 Å². The van der Waals surface area contributed by atoms with E-state index in [2.05, 4.69) is 0 Å². The van der Waals surface area contributed by atoms with Gasteiger partial charge in [-0.15, -0.1) is 0 Å². The van der Waals surface area contributed by atoms with Crippen LogP contribution in [0.1, 0.15) is 16.7 Å². The van der Waals surface area contributed by atoms with Crippen LogP contribution in [-0.2, 0) is 5.41 Å². The first-order valence-corrected chi connectivity index (χ1v) is 8.01. The van der Waals surface area contributed by atoms with Crippen molar-refractivity contribution < 1.29 is 0 Å². The maximum Gasteiger partial charge on any atom is 0.123 e. The Kier molecular flexibility index (Phi) is 5.07. The molecule has 0 saturated carbocycles. The zero-order chi connectivity index (χ0) is 16.5. The predicted molar refractivity (Wildman–Crippen MR) is 102 cm³/mol. The van der Waals surface area contributed by atoms with Crippen LogP contribution in [0.5, 0.6) is 0 Å². The minimum Gasteiger partial charge on any atom is -0.392 e. The molecule has 4 N–H and O–H groups in total. The summed E-state index contributed by atoms with van der Waals surface area (Å²) in [4.78, 5) is 0.230. The summed E-state index contributed by atoms with van der Waals surface area (Å²) in [5, 5.41) is 0.961. The molecular weight excluding hydrogens is 355 g/mol. The Morgan fingerprint density at radius 3 is 1.95 bits per heavy atom. The van der Waals surface area contributed by atoms with Gasteiger partial charge in [-0.3, -0.25) is 0 Å². The first-order valence-electron chi connectivity index (χ1n) is 6.43. The minimum absolute atomic E-state index is 0.115. The molecule has 0 radical (unpaired) electrons. The van der Waals surface area contributed by atoms with Crippen LogP contribution in [0.15, 0.2) is 42.5 Å². The molecule has 0 aliphatic rings. The highest BCUT2D eigenvalue weighted by Gasteiger charge is 2.44. The molecule has 0 atom stereocenters. The van der Waals surface area contributed by atoms with E-state index in [9.17, 15) is 0 Å². The molecule has 0 heterocycles. The molecular formula is C16H14Cl2N2S2. The lowest BCUT2D eigenvalue weighted by molar-refractivity contribution is 0.917. The first-order chi connectivity index (χ1) is 10.3. The number of thiocarbonyl (C=S) groups is 2. The summed E-state index contributed by atoms with van der Waals surface area (Å²) in [5.74, 6) is 0. The van der Waals surface area contributed by atoms with Gasteiger partial charge in [-0.2, -0.15) is 0 Å². The van der Waals surface area contributed by atoms with Gasteiger partial charge in [0, 0.05) is 10.0 Å². The van der Waals surface area contributed by atoms with E-state index < -0.39 is 5.41 Å². The standard InChI is InChI=1S/C16H14Cl2N2S2/c1-9-5-4-8-12(18)13(9)16(14(19)21,15(20)22)10-6-2-3-7-11(10)17/h2-8H,1H3,(H2,19,21)(H2,20,22). The summed E-state index contributed by atoms with van der Waals surface area (Å²) in [5.41, 5.74) is 13.2. The number of aryl methyl sites for hydroxylation is 1. The van der Waals surface area contributed by atoms with E-state index in [0.29, 0.717) is 21.2 Å². The molecule has 6 heteroatoms. The van der Waals surface area contributed by atoms with Crippen LogP contribution in [-0.4, -0.2) is 9.98 Å². The van der Waals surface area contributed by atoms with E-state index in [-0.39, 0.29) is 9.98 Å². The van der Waals surface area contributed by atoms with Crippen molar-refractivity contribution in [2.24, 2.45) is 11.5 Å². The Balaban J connectivity index is 2.98. The average Bonchev–Trinajstić information content (AvgIpc) is 2.43. The SMILES string of the molecule is Cc1cccc(Cl)c1C(C(N)=S)(C(N)=S)c1ccccc1Cl. The van der Waals surface area contributed by atoms with Crippen molar-refractivity contribution in [2.75, 3.05) is 0 Å². The lowest BCUT2D eigenvalue weighted by atomic mass is 9.72. The van der Waals surface area contributed by atoms with Crippen molar-refractivity contribution in [2.45, 2.75) is 12.3 Å². The molecule has 22 heavy (non-hydrogen) atoms. The van der Waals surface area contributed by atoms with Crippen molar-refractivity contribution in [1.29, 1.82) is 0 Å². The molecule has 0 aliphatic heterocycles. The third kappa shape index (κ3) is 2.61. The van der Waals surface area contributed by atoms with Gasteiger partial charge in [0.05, 0.1) is 9.98 Å². The molecule has 0 bridgehead atoms. The maximum atomic E-state index is 6.43. The van der Waals surface area contributed by atoms with Gasteiger partial charge in [-0.25, -0.2) is 0 Å². The monoisotopic (exact) mass is 368 g/mol. The third-order valence-electron chi connectivity index (χ3n) is 3.61. The van der Waals surface area contributed by atoms with Gasteiger partial charge < -0.3 is 11.5 Å². The minimum atomic E-state index is -1.19. The quantitative estimate of drug-likeness (QED) is 0.795. The molecule has 114 valence electrons. The van der Waals surface area contributed by atoms with Crippen LogP contribution in [0.25, 0.3) is 0 Å². The highest BCUT2D eigenvalue weighted by atomic mass is 35.5. The number of rotatable bonds is 4. The van der Waals surface area contributed by atoms with Gasteiger partial charge in [-0.05, 0) is 35.7 Å². The van der Waals surface area contributed by atoms with Crippen molar-refractivity contribution in [1.82, 2.24) is 0 Å². The lowest BCUT2D eigenvalue weighted by Gasteiger charge is -2.35. The molecule has 0 spiro atoms. The fourth-order valence-electron chi connectivity index (χ4n) is 2.64. The molecule has 2 aromatic carbocycles. The zero-order valence-electron chi connectivity index (χ0n) is 11.8. The van der Waals surface area contributed by atoms with Crippen LogP contribution in [0.4, 0.5) is 0 Å². The van der Waals surface area contributed by atoms with Gasteiger partial charge in [0.2, 0.25) is 0 Å². The molecule has 2 rings (SSSR count). The summed E-state index contributed by atoms with van der Waals surface area (Å²) in [6.45, 7) is 1.91. The number of benzene rings is 2. The molecule has 0 unspecified atom stereocenters.